The standard InChI is InChI=1S/C22H34F3N5O/c1-29(2)20(31)16-28-21(26-12-8-18-6-4-3-5-7-18)27-13-9-19-10-14-30(15-11-19)17-22(23,24)25/h3-7,19H,8-17H2,1-2H3,(H2,26,27,28). The Morgan fingerprint density at radius 2 is 1.77 bits per heavy atom. The summed E-state index contributed by atoms with van der Waals surface area (Å²) in [6.07, 6.45) is -0.896. The van der Waals surface area contributed by atoms with Crippen molar-refractivity contribution in [2.75, 3.05) is 53.4 Å². The van der Waals surface area contributed by atoms with Crippen LogP contribution in [0, 0.1) is 5.92 Å². The van der Waals surface area contributed by atoms with Crippen molar-refractivity contribution in [3.8, 4) is 0 Å². The number of amides is 1. The summed E-state index contributed by atoms with van der Waals surface area (Å²) in [6, 6.07) is 10.1. The minimum atomic E-state index is -4.13. The van der Waals surface area contributed by atoms with E-state index in [-0.39, 0.29) is 12.5 Å². The summed E-state index contributed by atoms with van der Waals surface area (Å²) < 4.78 is 37.6. The van der Waals surface area contributed by atoms with Gasteiger partial charge >= 0.3 is 6.18 Å². The number of halogens is 3. The molecule has 1 amide bonds. The summed E-state index contributed by atoms with van der Waals surface area (Å²) in [5.74, 6) is 0.896. The van der Waals surface area contributed by atoms with E-state index in [0.29, 0.717) is 38.1 Å². The highest BCUT2D eigenvalue weighted by molar-refractivity contribution is 5.84. The fourth-order valence-corrected chi connectivity index (χ4v) is 3.51. The van der Waals surface area contributed by atoms with Crippen molar-refractivity contribution in [3.63, 3.8) is 0 Å². The molecule has 2 N–H and O–H groups in total. The summed E-state index contributed by atoms with van der Waals surface area (Å²) in [4.78, 5) is 19.2. The van der Waals surface area contributed by atoms with Crippen LogP contribution in [0.25, 0.3) is 0 Å². The zero-order valence-corrected chi connectivity index (χ0v) is 18.4. The van der Waals surface area contributed by atoms with Crippen molar-refractivity contribution < 1.29 is 18.0 Å². The lowest BCUT2D eigenvalue weighted by atomic mass is 9.93. The Kier molecular flexibility index (Phi) is 10.1. The maximum Gasteiger partial charge on any atom is 0.401 e. The predicted octanol–water partition coefficient (Wildman–Crippen LogP) is 2.52. The van der Waals surface area contributed by atoms with Gasteiger partial charge in [0.15, 0.2) is 5.96 Å². The van der Waals surface area contributed by atoms with Crippen LogP contribution in [0.4, 0.5) is 13.2 Å². The Morgan fingerprint density at radius 3 is 2.39 bits per heavy atom. The lowest BCUT2D eigenvalue weighted by Gasteiger charge is -2.32. The largest absolute Gasteiger partial charge is 0.401 e. The number of likely N-dealkylation sites (tertiary alicyclic amines) is 1. The Labute approximate surface area is 182 Å². The molecule has 0 unspecified atom stereocenters. The van der Waals surface area contributed by atoms with E-state index in [1.54, 1.807) is 14.1 Å². The van der Waals surface area contributed by atoms with Crippen LogP contribution in [0.3, 0.4) is 0 Å². The zero-order valence-electron chi connectivity index (χ0n) is 18.4. The maximum absolute atomic E-state index is 12.5. The predicted molar refractivity (Wildman–Crippen MR) is 117 cm³/mol. The van der Waals surface area contributed by atoms with E-state index in [2.05, 4.69) is 27.8 Å². The van der Waals surface area contributed by atoms with Gasteiger partial charge in [0.25, 0.3) is 0 Å². The van der Waals surface area contributed by atoms with Crippen LogP contribution < -0.4 is 10.6 Å². The van der Waals surface area contributed by atoms with E-state index in [1.807, 2.05) is 18.2 Å². The molecule has 1 aliphatic heterocycles. The number of aliphatic imine (C=N–C) groups is 1. The Morgan fingerprint density at radius 1 is 1.13 bits per heavy atom. The minimum Gasteiger partial charge on any atom is -0.356 e. The fourth-order valence-electron chi connectivity index (χ4n) is 3.51. The molecular weight excluding hydrogens is 407 g/mol. The van der Waals surface area contributed by atoms with Gasteiger partial charge in [-0.05, 0) is 50.3 Å². The first-order chi connectivity index (χ1) is 14.7. The second-order valence-corrected chi connectivity index (χ2v) is 8.17. The average Bonchev–Trinajstić information content (AvgIpc) is 2.72. The van der Waals surface area contributed by atoms with E-state index >= 15 is 0 Å². The van der Waals surface area contributed by atoms with E-state index in [1.165, 1.54) is 15.4 Å². The Balaban J connectivity index is 1.76. The number of carbonyl (C=O) groups excluding carboxylic acids is 1. The third kappa shape index (κ3) is 10.5. The van der Waals surface area contributed by atoms with Gasteiger partial charge in [-0.1, -0.05) is 30.3 Å². The molecule has 0 atom stereocenters. The highest BCUT2D eigenvalue weighted by atomic mass is 19.4. The van der Waals surface area contributed by atoms with Gasteiger partial charge in [-0.3, -0.25) is 9.69 Å². The van der Waals surface area contributed by atoms with Crippen LogP contribution in [0.15, 0.2) is 35.3 Å². The molecule has 2 rings (SSSR count). The van der Waals surface area contributed by atoms with Gasteiger partial charge in [-0.2, -0.15) is 13.2 Å². The molecule has 0 bridgehead atoms. The van der Waals surface area contributed by atoms with Crippen molar-refractivity contribution in [2.45, 2.75) is 31.9 Å². The lowest BCUT2D eigenvalue weighted by molar-refractivity contribution is -0.148. The van der Waals surface area contributed by atoms with Crippen LogP contribution in [0.1, 0.15) is 24.8 Å². The molecule has 1 heterocycles. The van der Waals surface area contributed by atoms with Crippen molar-refractivity contribution >= 4 is 11.9 Å². The molecule has 0 radical (unpaired) electrons. The lowest BCUT2D eigenvalue weighted by Crippen LogP contribution is -2.42. The molecule has 1 saturated heterocycles. The van der Waals surface area contributed by atoms with Gasteiger partial charge in [0.1, 0.15) is 6.54 Å². The first kappa shape index (κ1) is 25.0. The van der Waals surface area contributed by atoms with Gasteiger partial charge in [0, 0.05) is 27.2 Å². The van der Waals surface area contributed by atoms with Crippen LogP contribution in [0.2, 0.25) is 0 Å². The Bertz CT molecular complexity index is 686. The van der Waals surface area contributed by atoms with Crippen LogP contribution >= 0.6 is 0 Å². The molecule has 0 spiro atoms. The first-order valence-corrected chi connectivity index (χ1v) is 10.8. The molecule has 0 saturated carbocycles. The van der Waals surface area contributed by atoms with Crippen LogP contribution in [-0.4, -0.2) is 81.2 Å². The van der Waals surface area contributed by atoms with Crippen molar-refractivity contribution in [1.82, 2.24) is 20.4 Å². The number of nitrogens with zero attached hydrogens (tertiary/aromatic N) is 3. The number of benzene rings is 1. The molecule has 31 heavy (non-hydrogen) atoms. The van der Waals surface area contributed by atoms with E-state index in [4.69, 9.17) is 0 Å². The summed E-state index contributed by atoms with van der Waals surface area (Å²) >= 11 is 0. The topological polar surface area (TPSA) is 60.0 Å². The quantitative estimate of drug-likeness (QED) is 0.457. The maximum atomic E-state index is 12.5. The first-order valence-electron chi connectivity index (χ1n) is 10.8. The molecule has 6 nitrogen and oxygen atoms in total. The number of hydrogen-bond donors (Lipinski definition) is 2. The van der Waals surface area contributed by atoms with Gasteiger partial charge in [0.05, 0.1) is 6.54 Å². The number of guanidine groups is 1. The Hall–Kier alpha value is -2.29. The second kappa shape index (κ2) is 12.5. The number of alkyl halides is 3. The number of piperidine rings is 1. The summed E-state index contributed by atoms with van der Waals surface area (Å²) in [6.45, 7) is 1.55. The van der Waals surface area contributed by atoms with Crippen molar-refractivity contribution in [2.24, 2.45) is 10.9 Å². The zero-order chi connectivity index (χ0) is 22.7. The summed E-state index contributed by atoms with van der Waals surface area (Å²) in [5.41, 5.74) is 1.21. The van der Waals surface area contributed by atoms with Gasteiger partial charge < -0.3 is 15.5 Å². The van der Waals surface area contributed by atoms with E-state index in [0.717, 1.165) is 25.7 Å². The number of carbonyl (C=O) groups is 1. The van der Waals surface area contributed by atoms with Crippen molar-refractivity contribution in [3.05, 3.63) is 35.9 Å². The summed E-state index contributed by atoms with van der Waals surface area (Å²) in [7, 11) is 3.39. The molecule has 174 valence electrons. The monoisotopic (exact) mass is 441 g/mol. The molecule has 9 heteroatoms. The van der Waals surface area contributed by atoms with E-state index < -0.39 is 12.7 Å². The average molecular weight is 442 g/mol. The number of nitrogens with one attached hydrogen (secondary N) is 2. The normalized spacial score (nSPS) is 16.2. The summed E-state index contributed by atoms with van der Waals surface area (Å²) in [5, 5.41) is 6.54. The van der Waals surface area contributed by atoms with Crippen molar-refractivity contribution in [1.29, 1.82) is 0 Å². The fraction of sp³-hybridized carbons (Fsp3) is 0.636. The van der Waals surface area contributed by atoms with Gasteiger partial charge in [0.2, 0.25) is 5.91 Å². The smallest absolute Gasteiger partial charge is 0.356 e. The molecular formula is C22H34F3N5O. The van der Waals surface area contributed by atoms with Gasteiger partial charge in [-0.15, -0.1) is 0 Å². The van der Waals surface area contributed by atoms with Crippen LogP contribution in [0.5, 0.6) is 0 Å². The molecule has 1 aliphatic rings. The number of rotatable bonds is 9. The molecule has 0 aromatic heterocycles. The number of hydrogen-bond acceptors (Lipinski definition) is 3. The number of likely N-dealkylation sites (N-methyl/N-ethyl adjacent to an activating group) is 1. The third-order valence-electron chi connectivity index (χ3n) is 5.38. The minimum absolute atomic E-state index is 0.0590. The third-order valence-corrected chi connectivity index (χ3v) is 5.38. The highest BCUT2D eigenvalue weighted by Crippen LogP contribution is 2.23. The molecule has 1 fully saturated rings. The van der Waals surface area contributed by atoms with Gasteiger partial charge in [-0.25, -0.2) is 4.99 Å². The second-order valence-electron chi connectivity index (χ2n) is 8.17. The molecule has 1 aromatic rings. The SMILES string of the molecule is CN(C)C(=O)CN=C(NCCc1ccccc1)NCCC1CCN(CC(F)(F)F)CC1. The molecule has 0 aliphatic carbocycles. The van der Waals surface area contributed by atoms with Crippen LogP contribution in [-0.2, 0) is 11.2 Å². The van der Waals surface area contributed by atoms with E-state index in [9.17, 15) is 18.0 Å². The molecule has 1 aromatic carbocycles. The highest BCUT2D eigenvalue weighted by Gasteiger charge is 2.32.